The van der Waals surface area contributed by atoms with E-state index in [2.05, 4.69) is 195 Å². The van der Waals surface area contributed by atoms with E-state index in [4.69, 9.17) is 24.4 Å². The molecule has 0 saturated carbocycles. The van der Waals surface area contributed by atoms with Gasteiger partial charge >= 0.3 is 0 Å². The predicted molar refractivity (Wildman–Crippen MR) is 258 cm³/mol. The summed E-state index contributed by atoms with van der Waals surface area (Å²) in [5, 5.41) is 0. The van der Waals surface area contributed by atoms with Crippen LogP contribution in [0, 0.1) is 5.92 Å². The summed E-state index contributed by atoms with van der Waals surface area (Å²) < 4.78 is 14.2. The van der Waals surface area contributed by atoms with Crippen LogP contribution in [-0.4, -0.2) is 15.0 Å². The molecule has 2 unspecified atom stereocenters. The summed E-state index contributed by atoms with van der Waals surface area (Å²) in [5.41, 5.74) is 10.0. The van der Waals surface area contributed by atoms with Gasteiger partial charge in [-0.3, -0.25) is 0 Å². The lowest BCUT2D eigenvalue weighted by molar-refractivity contribution is 0.422. The normalized spacial score (nSPS) is 17.6. The lowest BCUT2D eigenvalue weighted by atomic mass is 9.59. The standard InChI is InChI=1S/C60H43N3O2/c1-40-22-14-15-33-47(40)60(44-29-12-5-13-30-44)49-35-17-19-39-53(49)65-55-46(32-21-37-51(55)60)58-62-56(41-23-6-2-7-24-41)61-57(63-58)45-31-20-36-50-54(45)64-52-38-18-16-34-48(52)59(50,42-25-8-3-9-26-42)43-27-10-4-11-28-43/h2-21,23-40H,22H2,1H3. The molecule has 2 atom stereocenters. The van der Waals surface area contributed by atoms with Crippen molar-refractivity contribution in [3.63, 3.8) is 0 Å². The third-order valence-electron chi connectivity index (χ3n) is 13.5. The summed E-state index contributed by atoms with van der Waals surface area (Å²) in [5.74, 6) is 4.82. The average Bonchev–Trinajstić information content (AvgIpc) is 3.38. The van der Waals surface area contributed by atoms with Crippen molar-refractivity contribution in [2.75, 3.05) is 0 Å². The van der Waals surface area contributed by atoms with E-state index >= 15 is 0 Å². The highest BCUT2D eigenvalue weighted by Gasteiger charge is 2.49. The Morgan fingerprint density at radius 1 is 0.415 bits per heavy atom. The Hall–Kier alpha value is -8.15. The third-order valence-corrected chi connectivity index (χ3v) is 13.5. The molecule has 9 aromatic rings. The maximum Gasteiger partial charge on any atom is 0.167 e. The summed E-state index contributed by atoms with van der Waals surface area (Å²) in [6, 6.07) is 72.1. The number of allylic oxidation sites excluding steroid dienone is 4. The van der Waals surface area contributed by atoms with Gasteiger partial charge in [-0.25, -0.2) is 15.0 Å². The fourth-order valence-electron chi connectivity index (χ4n) is 10.7. The molecule has 0 saturated heterocycles. The Bertz CT molecular complexity index is 3270. The zero-order valence-electron chi connectivity index (χ0n) is 35.8. The Balaban J connectivity index is 1.13. The van der Waals surface area contributed by atoms with Crippen molar-refractivity contribution < 1.29 is 9.47 Å². The molecule has 0 radical (unpaired) electrons. The van der Waals surface area contributed by atoms with Crippen molar-refractivity contribution in [2.45, 2.75) is 24.2 Å². The van der Waals surface area contributed by atoms with E-state index in [9.17, 15) is 0 Å². The first-order valence-electron chi connectivity index (χ1n) is 22.3. The van der Waals surface area contributed by atoms with Crippen LogP contribution in [0.15, 0.2) is 230 Å². The van der Waals surface area contributed by atoms with E-state index in [1.165, 1.54) is 11.1 Å². The van der Waals surface area contributed by atoms with Crippen LogP contribution in [0.25, 0.3) is 34.2 Å². The molecule has 5 heteroatoms. The van der Waals surface area contributed by atoms with Crippen LogP contribution in [0.2, 0.25) is 0 Å². The molecule has 3 aliphatic rings. The maximum absolute atomic E-state index is 7.14. The lowest BCUT2D eigenvalue weighted by Crippen LogP contribution is -2.37. The average molecular weight is 838 g/mol. The number of fused-ring (bicyclic) bond motifs is 4. The molecule has 65 heavy (non-hydrogen) atoms. The summed E-state index contributed by atoms with van der Waals surface area (Å²) in [7, 11) is 0. The van der Waals surface area contributed by atoms with E-state index in [1.54, 1.807) is 0 Å². The van der Waals surface area contributed by atoms with E-state index < -0.39 is 10.8 Å². The van der Waals surface area contributed by atoms with Crippen LogP contribution in [-0.2, 0) is 10.8 Å². The topological polar surface area (TPSA) is 57.1 Å². The van der Waals surface area contributed by atoms with Gasteiger partial charge in [-0.15, -0.1) is 0 Å². The molecule has 1 aliphatic carbocycles. The second kappa shape index (κ2) is 15.6. The summed E-state index contributed by atoms with van der Waals surface area (Å²) in [4.78, 5) is 16.1. The first-order valence-corrected chi connectivity index (χ1v) is 22.3. The maximum atomic E-state index is 7.14. The van der Waals surface area contributed by atoms with E-state index in [1.807, 2.05) is 36.4 Å². The molecule has 1 aromatic heterocycles. The fraction of sp³-hybridized carbons (Fsp3) is 0.0833. The fourth-order valence-corrected chi connectivity index (χ4v) is 10.7. The molecule has 3 heterocycles. The van der Waals surface area contributed by atoms with Crippen molar-refractivity contribution in [1.29, 1.82) is 0 Å². The minimum atomic E-state index is -0.707. The van der Waals surface area contributed by atoms with Gasteiger partial charge < -0.3 is 9.47 Å². The van der Waals surface area contributed by atoms with Crippen LogP contribution in [0.4, 0.5) is 0 Å². The second-order valence-corrected chi connectivity index (χ2v) is 17.0. The van der Waals surface area contributed by atoms with Crippen molar-refractivity contribution in [2.24, 2.45) is 5.92 Å². The van der Waals surface area contributed by atoms with Crippen LogP contribution in [0.5, 0.6) is 23.0 Å². The van der Waals surface area contributed by atoms with Gasteiger partial charge in [0.2, 0.25) is 0 Å². The van der Waals surface area contributed by atoms with Gasteiger partial charge in [0.1, 0.15) is 23.0 Å². The number of nitrogens with zero attached hydrogens (tertiary/aromatic N) is 3. The number of hydrogen-bond donors (Lipinski definition) is 0. The zero-order valence-corrected chi connectivity index (χ0v) is 35.8. The molecule has 0 N–H and O–H groups in total. The number of rotatable bonds is 7. The molecule has 310 valence electrons. The van der Waals surface area contributed by atoms with Gasteiger partial charge in [0, 0.05) is 27.8 Å². The van der Waals surface area contributed by atoms with Crippen LogP contribution >= 0.6 is 0 Å². The quantitative estimate of drug-likeness (QED) is 0.160. The number of aromatic nitrogens is 3. The highest BCUT2D eigenvalue weighted by molar-refractivity contribution is 5.81. The second-order valence-electron chi connectivity index (χ2n) is 17.0. The number of hydrogen-bond acceptors (Lipinski definition) is 5. The Morgan fingerprint density at radius 3 is 1.35 bits per heavy atom. The smallest absolute Gasteiger partial charge is 0.167 e. The molecule has 0 spiro atoms. The summed E-state index contributed by atoms with van der Waals surface area (Å²) in [6.07, 6.45) is 7.73. The summed E-state index contributed by atoms with van der Waals surface area (Å²) in [6.45, 7) is 2.33. The number of para-hydroxylation sites is 4. The highest BCUT2D eigenvalue weighted by atomic mass is 16.5. The van der Waals surface area contributed by atoms with E-state index in [0.29, 0.717) is 23.2 Å². The zero-order chi connectivity index (χ0) is 43.4. The van der Waals surface area contributed by atoms with E-state index in [-0.39, 0.29) is 5.92 Å². The van der Waals surface area contributed by atoms with Gasteiger partial charge in [-0.1, -0.05) is 207 Å². The van der Waals surface area contributed by atoms with Crippen molar-refractivity contribution in [3.05, 3.63) is 269 Å². The van der Waals surface area contributed by atoms with Gasteiger partial charge in [0.15, 0.2) is 17.5 Å². The molecule has 8 aromatic carbocycles. The van der Waals surface area contributed by atoms with Gasteiger partial charge in [0.25, 0.3) is 0 Å². The van der Waals surface area contributed by atoms with Gasteiger partial charge in [-0.05, 0) is 58.9 Å². The first-order chi connectivity index (χ1) is 32.2. The van der Waals surface area contributed by atoms with Gasteiger partial charge in [-0.2, -0.15) is 0 Å². The molecule has 12 rings (SSSR count). The molecule has 5 nitrogen and oxygen atoms in total. The van der Waals surface area contributed by atoms with Gasteiger partial charge in [0.05, 0.1) is 22.0 Å². The largest absolute Gasteiger partial charge is 0.456 e. The Morgan fingerprint density at radius 2 is 0.831 bits per heavy atom. The number of benzene rings is 8. The predicted octanol–water partition coefficient (Wildman–Crippen LogP) is 14.3. The Labute approximate surface area is 379 Å². The molecule has 0 fully saturated rings. The minimum absolute atomic E-state index is 0.268. The highest BCUT2D eigenvalue weighted by Crippen LogP contribution is 2.60. The molecular formula is C60H43N3O2. The summed E-state index contributed by atoms with van der Waals surface area (Å²) >= 11 is 0. The van der Waals surface area contributed by atoms with Crippen LogP contribution in [0.1, 0.15) is 52.3 Å². The Kier molecular flexibility index (Phi) is 9.23. The van der Waals surface area contributed by atoms with Crippen molar-refractivity contribution in [3.8, 4) is 57.2 Å². The van der Waals surface area contributed by atoms with Crippen molar-refractivity contribution in [1.82, 2.24) is 15.0 Å². The molecule has 2 aliphatic heterocycles. The molecule has 0 amide bonds. The van der Waals surface area contributed by atoms with Crippen LogP contribution in [0.3, 0.4) is 0 Å². The molecular weight excluding hydrogens is 795 g/mol. The monoisotopic (exact) mass is 837 g/mol. The minimum Gasteiger partial charge on any atom is -0.456 e. The molecule has 0 bridgehead atoms. The lowest BCUT2D eigenvalue weighted by Gasteiger charge is -2.45. The van der Waals surface area contributed by atoms with Crippen molar-refractivity contribution >= 4 is 0 Å². The van der Waals surface area contributed by atoms with Crippen LogP contribution < -0.4 is 9.47 Å². The first kappa shape index (κ1) is 38.5. The van der Waals surface area contributed by atoms with E-state index in [0.717, 1.165) is 73.7 Å². The third kappa shape index (κ3) is 5.96. The number of ether oxygens (including phenoxy) is 2. The SMILES string of the molecule is CC1CC=CC=C1C1(c2ccccc2)c2ccccc2Oc2c(-c3nc(-c4ccccc4)nc(-c4cccc5c4Oc4ccccc4C5(c4ccccc4)c4ccccc4)n3)cccc21.